The van der Waals surface area contributed by atoms with Crippen LogP contribution in [0.4, 0.5) is 0 Å². The van der Waals surface area contributed by atoms with Crippen LogP contribution >= 0.6 is 0 Å². The zero-order chi connectivity index (χ0) is 10.6. The van der Waals surface area contributed by atoms with Crippen molar-refractivity contribution >= 4 is 5.97 Å². The lowest BCUT2D eigenvalue weighted by atomic mass is 10.1. The summed E-state index contributed by atoms with van der Waals surface area (Å²) in [4.78, 5) is 11.0. The predicted octanol–water partition coefficient (Wildman–Crippen LogP) is 0.435. The second kappa shape index (κ2) is 4.62. The number of hydrogen-bond donors (Lipinski definition) is 2. The number of carbonyl (C=O) groups excluding carboxylic acids is 1. The number of esters is 1. The molecule has 0 spiro atoms. The minimum Gasteiger partial charge on any atom is -0.508 e. The molecule has 1 aromatic rings. The molecule has 1 rings (SSSR count). The molecule has 0 aliphatic carbocycles. The molecule has 4 nitrogen and oxygen atoms in total. The zero-order valence-corrected chi connectivity index (χ0v) is 7.93. The van der Waals surface area contributed by atoms with Gasteiger partial charge in [0.1, 0.15) is 11.8 Å². The van der Waals surface area contributed by atoms with Crippen LogP contribution in [-0.2, 0) is 16.0 Å². The van der Waals surface area contributed by atoms with E-state index in [-0.39, 0.29) is 12.2 Å². The number of carbonyl (C=O) groups is 1. The van der Waals surface area contributed by atoms with Gasteiger partial charge in [0.15, 0.2) is 0 Å². The number of rotatable bonds is 3. The fraction of sp³-hybridized carbons (Fsp3) is 0.300. The molecule has 0 heterocycles. The van der Waals surface area contributed by atoms with Gasteiger partial charge in [-0.05, 0) is 11.6 Å². The predicted molar refractivity (Wildman–Crippen MR) is 51.8 cm³/mol. The van der Waals surface area contributed by atoms with Crippen molar-refractivity contribution in [2.24, 2.45) is 5.73 Å². The quantitative estimate of drug-likeness (QED) is 0.686. The van der Waals surface area contributed by atoms with Gasteiger partial charge in [0.05, 0.1) is 7.11 Å². The zero-order valence-electron chi connectivity index (χ0n) is 7.93. The average molecular weight is 195 g/mol. The number of ether oxygens (including phenoxy) is 1. The Labute approximate surface area is 82.3 Å². The number of phenolic OH excluding ortho intramolecular Hbond substituents is 1. The molecule has 14 heavy (non-hydrogen) atoms. The lowest BCUT2D eigenvalue weighted by Gasteiger charge is -2.09. The highest BCUT2D eigenvalue weighted by atomic mass is 16.5. The minimum atomic E-state index is -0.728. The Kier molecular flexibility index (Phi) is 3.48. The highest BCUT2D eigenvalue weighted by Gasteiger charge is 2.15. The summed E-state index contributed by atoms with van der Waals surface area (Å²) < 4.78 is 4.48. The molecule has 0 amide bonds. The van der Waals surface area contributed by atoms with Gasteiger partial charge < -0.3 is 15.6 Å². The average Bonchev–Trinajstić information content (AvgIpc) is 2.20. The number of hydrogen-bond acceptors (Lipinski definition) is 4. The normalized spacial score (nSPS) is 12.1. The molecule has 1 aromatic carbocycles. The summed E-state index contributed by atoms with van der Waals surface area (Å²) in [5, 5.41) is 9.41. The molecule has 0 unspecified atom stereocenters. The van der Waals surface area contributed by atoms with Crippen LogP contribution in [0.25, 0.3) is 0 Å². The van der Waals surface area contributed by atoms with Gasteiger partial charge in [0.2, 0.25) is 0 Å². The van der Waals surface area contributed by atoms with Gasteiger partial charge in [0, 0.05) is 6.42 Å². The smallest absolute Gasteiger partial charge is 0.322 e. The maximum absolute atomic E-state index is 11.0. The van der Waals surface area contributed by atoms with E-state index < -0.39 is 12.0 Å². The molecule has 76 valence electrons. The van der Waals surface area contributed by atoms with Gasteiger partial charge in [-0.2, -0.15) is 0 Å². The van der Waals surface area contributed by atoms with Gasteiger partial charge in [0.25, 0.3) is 0 Å². The Morgan fingerprint density at radius 1 is 1.57 bits per heavy atom. The standard InChI is InChI=1S/C10H13NO3/c1-14-10(13)8(11)6-7-4-2-3-5-9(7)12/h2-5,8,12H,6,11H2,1H3/t8-/m1/s1. The molecule has 0 saturated heterocycles. The third-order valence-electron chi connectivity index (χ3n) is 1.94. The van der Waals surface area contributed by atoms with E-state index in [0.717, 1.165) is 0 Å². The first-order valence-electron chi connectivity index (χ1n) is 4.25. The molecule has 0 saturated carbocycles. The van der Waals surface area contributed by atoms with Crippen LogP contribution in [-0.4, -0.2) is 24.2 Å². The molecular weight excluding hydrogens is 182 g/mol. The summed E-state index contributed by atoms with van der Waals surface area (Å²) in [6.07, 6.45) is 0.277. The largest absolute Gasteiger partial charge is 0.508 e. The third kappa shape index (κ3) is 2.47. The van der Waals surface area contributed by atoms with Crippen molar-refractivity contribution < 1.29 is 14.6 Å². The van der Waals surface area contributed by atoms with Crippen molar-refractivity contribution in [2.45, 2.75) is 12.5 Å². The summed E-state index contributed by atoms with van der Waals surface area (Å²) in [5.41, 5.74) is 6.19. The van der Waals surface area contributed by atoms with Crippen LogP contribution in [0, 0.1) is 0 Å². The van der Waals surface area contributed by atoms with Crippen molar-refractivity contribution in [3.05, 3.63) is 29.8 Å². The third-order valence-corrected chi connectivity index (χ3v) is 1.94. The van der Waals surface area contributed by atoms with Gasteiger partial charge in [-0.15, -0.1) is 0 Å². The molecule has 0 radical (unpaired) electrons. The summed E-state index contributed by atoms with van der Waals surface area (Å²) in [5.74, 6) is -0.333. The van der Waals surface area contributed by atoms with Gasteiger partial charge in [-0.1, -0.05) is 18.2 Å². The first-order chi connectivity index (χ1) is 6.65. The van der Waals surface area contributed by atoms with E-state index in [2.05, 4.69) is 4.74 Å². The maximum atomic E-state index is 11.0. The van der Waals surface area contributed by atoms with E-state index in [1.807, 2.05) is 0 Å². The topological polar surface area (TPSA) is 72.5 Å². The highest BCUT2D eigenvalue weighted by molar-refractivity contribution is 5.75. The maximum Gasteiger partial charge on any atom is 0.322 e. The Morgan fingerprint density at radius 2 is 2.21 bits per heavy atom. The fourth-order valence-corrected chi connectivity index (χ4v) is 1.16. The Morgan fingerprint density at radius 3 is 2.79 bits per heavy atom. The van der Waals surface area contributed by atoms with Crippen LogP contribution in [0.2, 0.25) is 0 Å². The van der Waals surface area contributed by atoms with E-state index in [0.29, 0.717) is 5.56 Å². The van der Waals surface area contributed by atoms with Crippen molar-refractivity contribution in [3.63, 3.8) is 0 Å². The van der Waals surface area contributed by atoms with Crippen LogP contribution < -0.4 is 5.73 Å². The van der Waals surface area contributed by atoms with Crippen LogP contribution in [0.3, 0.4) is 0 Å². The van der Waals surface area contributed by atoms with E-state index in [1.54, 1.807) is 24.3 Å². The Bertz CT molecular complexity index is 325. The number of benzene rings is 1. The molecule has 3 N–H and O–H groups in total. The second-order valence-electron chi connectivity index (χ2n) is 2.96. The van der Waals surface area contributed by atoms with Crippen LogP contribution in [0.5, 0.6) is 5.75 Å². The van der Waals surface area contributed by atoms with Gasteiger partial charge >= 0.3 is 5.97 Å². The van der Waals surface area contributed by atoms with E-state index in [4.69, 9.17) is 5.73 Å². The number of aromatic hydroxyl groups is 1. The SMILES string of the molecule is COC(=O)[C@H](N)Cc1ccccc1O. The van der Waals surface area contributed by atoms with E-state index in [1.165, 1.54) is 7.11 Å². The minimum absolute atomic E-state index is 0.145. The molecule has 0 aromatic heterocycles. The summed E-state index contributed by atoms with van der Waals surface area (Å²) in [6, 6.07) is 6.03. The van der Waals surface area contributed by atoms with Gasteiger partial charge in [-0.25, -0.2) is 0 Å². The van der Waals surface area contributed by atoms with Crippen LogP contribution in [0.1, 0.15) is 5.56 Å². The van der Waals surface area contributed by atoms with Crippen LogP contribution in [0.15, 0.2) is 24.3 Å². The first kappa shape index (κ1) is 10.5. The second-order valence-corrected chi connectivity index (χ2v) is 2.96. The van der Waals surface area contributed by atoms with Crippen molar-refractivity contribution in [1.29, 1.82) is 0 Å². The molecule has 0 fully saturated rings. The highest BCUT2D eigenvalue weighted by Crippen LogP contribution is 2.16. The molecule has 0 aliphatic heterocycles. The molecule has 1 atom stereocenters. The molecule has 0 aliphatic rings. The molecular formula is C10H13NO3. The lowest BCUT2D eigenvalue weighted by Crippen LogP contribution is -2.33. The Hall–Kier alpha value is -1.55. The van der Waals surface area contributed by atoms with E-state index >= 15 is 0 Å². The number of nitrogens with two attached hydrogens (primary N) is 1. The summed E-state index contributed by atoms with van der Waals surface area (Å²) in [7, 11) is 1.28. The number of methoxy groups -OCH3 is 1. The lowest BCUT2D eigenvalue weighted by molar-refractivity contribution is -0.142. The summed E-state index contributed by atoms with van der Waals surface area (Å²) in [6.45, 7) is 0. The first-order valence-corrected chi connectivity index (χ1v) is 4.25. The van der Waals surface area contributed by atoms with Crippen molar-refractivity contribution in [2.75, 3.05) is 7.11 Å². The van der Waals surface area contributed by atoms with Gasteiger partial charge in [-0.3, -0.25) is 4.79 Å². The van der Waals surface area contributed by atoms with E-state index in [9.17, 15) is 9.90 Å². The van der Waals surface area contributed by atoms with Crippen molar-refractivity contribution in [3.8, 4) is 5.75 Å². The fourth-order valence-electron chi connectivity index (χ4n) is 1.16. The Balaban J connectivity index is 2.69. The summed E-state index contributed by atoms with van der Waals surface area (Å²) >= 11 is 0. The molecule has 0 bridgehead atoms. The molecule has 4 heteroatoms. The monoisotopic (exact) mass is 195 g/mol. The number of para-hydroxylation sites is 1. The number of phenols is 1. The van der Waals surface area contributed by atoms with Crippen molar-refractivity contribution in [1.82, 2.24) is 0 Å².